The number of nitrogens with one attached hydrogen (secondary N) is 1. The number of carbonyl (C=O) groups excluding carboxylic acids is 1. The zero-order chi connectivity index (χ0) is 29.3. The molecule has 216 valence electrons. The Kier molecular flexibility index (Phi) is 7.72. The fourth-order valence-corrected chi connectivity index (χ4v) is 4.93. The number of nitrogens with zero attached hydrogens (tertiary/aromatic N) is 6. The van der Waals surface area contributed by atoms with E-state index in [2.05, 4.69) is 30.4 Å². The van der Waals surface area contributed by atoms with Crippen LogP contribution in [-0.2, 0) is 13.6 Å². The molecule has 0 aliphatic carbocycles. The number of halogens is 3. The molecule has 41 heavy (non-hydrogen) atoms. The van der Waals surface area contributed by atoms with E-state index in [1.165, 1.54) is 13.2 Å². The van der Waals surface area contributed by atoms with Crippen molar-refractivity contribution in [1.29, 1.82) is 0 Å². The standard InChI is InChI=1S/C28H30F3N7O3/c1-17-7-8-19(12-25(17)38-16-24(34-35-38)22-14-32-36(3)18(22)2)27(39)33-23-13-21(41-28(29,30)31)11-20(26(23)40-4)15-37-9-5-6-10-37/h7-8,11-14,16H,5-6,9-10,15H2,1-4H3,(H,33,39). The molecule has 0 atom stereocenters. The molecular formula is C28H30F3N7O3. The second-order valence-corrected chi connectivity index (χ2v) is 9.97. The molecule has 0 bridgehead atoms. The monoisotopic (exact) mass is 569 g/mol. The predicted octanol–water partition coefficient (Wildman–Crippen LogP) is 5.04. The summed E-state index contributed by atoms with van der Waals surface area (Å²) in [6.45, 7) is 5.81. The third-order valence-electron chi connectivity index (χ3n) is 7.14. The van der Waals surface area contributed by atoms with Crippen LogP contribution < -0.4 is 14.8 Å². The van der Waals surface area contributed by atoms with Crippen LogP contribution in [0, 0.1) is 13.8 Å². The van der Waals surface area contributed by atoms with Gasteiger partial charge in [-0.1, -0.05) is 11.3 Å². The zero-order valence-corrected chi connectivity index (χ0v) is 23.1. The average molecular weight is 570 g/mol. The van der Waals surface area contributed by atoms with Crippen LogP contribution in [0.2, 0.25) is 0 Å². The molecule has 3 heterocycles. The van der Waals surface area contributed by atoms with Crippen molar-refractivity contribution in [3.8, 4) is 28.4 Å². The number of anilines is 1. The molecule has 2 aromatic heterocycles. The van der Waals surface area contributed by atoms with Crippen LogP contribution in [0.4, 0.5) is 18.9 Å². The van der Waals surface area contributed by atoms with Crippen molar-refractivity contribution in [3.05, 3.63) is 65.1 Å². The summed E-state index contributed by atoms with van der Waals surface area (Å²) in [5, 5.41) is 15.5. The molecule has 4 aromatic rings. The van der Waals surface area contributed by atoms with Gasteiger partial charge in [0, 0.05) is 42.0 Å². The van der Waals surface area contributed by atoms with Crippen LogP contribution in [0.15, 0.2) is 42.7 Å². The maximum Gasteiger partial charge on any atom is 0.573 e. The van der Waals surface area contributed by atoms with Crippen molar-refractivity contribution in [1.82, 2.24) is 29.7 Å². The molecule has 1 N–H and O–H groups in total. The Hall–Kier alpha value is -4.39. The van der Waals surface area contributed by atoms with E-state index >= 15 is 0 Å². The molecule has 10 nitrogen and oxygen atoms in total. The molecule has 1 aliphatic rings. The van der Waals surface area contributed by atoms with E-state index in [1.807, 2.05) is 20.9 Å². The second-order valence-electron chi connectivity index (χ2n) is 9.97. The van der Waals surface area contributed by atoms with Crippen LogP contribution in [0.1, 0.15) is 40.0 Å². The molecule has 1 amide bonds. The van der Waals surface area contributed by atoms with Crippen molar-refractivity contribution in [2.24, 2.45) is 7.05 Å². The number of carbonyl (C=O) groups is 1. The van der Waals surface area contributed by atoms with Crippen LogP contribution in [-0.4, -0.2) is 62.1 Å². The lowest BCUT2D eigenvalue weighted by molar-refractivity contribution is -0.274. The van der Waals surface area contributed by atoms with Crippen LogP contribution >= 0.6 is 0 Å². The van der Waals surface area contributed by atoms with E-state index in [4.69, 9.17) is 4.74 Å². The van der Waals surface area contributed by atoms with E-state index in [1.54, 1.807) is 40.0 Å². The molecule has 0 spiro atoms. The Balaban J connectivity index is 1.45. The first-order chi connectivity index (χ1) is 19.5. The summed E-state index contributed by atoms with van der Waals surface area (Å²) in [7, 11) is 3.25. The molecule has 1 fully saturated rings. The van der Waals surface area contributed by atoms with Crippen molar-refractivity contribution >= 4 is 11.6 Å². The predicted molar refractivity (Wildman–Crippen MR) is 145 cm³/mol. The third kappa shape index (κ3) is 6.19. The number of methoxy groups -OCH3 is 1. The van der Waals surface area contributed by atoms with Crippen LogP contribution in [0.25, 0.3) is 16.9 Å². The third-order valence-corrected chi connectivity index (χ3v) is 7.14. The molecule has 0 saturated carbocycles. The summed E-state index contributed by atoms with van der Waals surface area (Å²) in [5.41, 5.74) is 4.68. The van der Waals surface area contributed by atoms with Gasteiger partial charge in [0.2, 0.25) is 0 Å². The van der Waals surface area contributed by atoms with Crippen LogP contribution in [0.3, 0.4) is 0 Å². The molecule has 1 saturated heterocycles. The van der Waals surface area contributed by atoms with E-state index in [0.29, 0.717) is 23.5 Å². The maximum atomic E-state index is 13.4. The lowest BCUT2D eigenvalue weighted by Gasteiger charge is -2.21. The van der Waals surface area contributed by atoms with Gasteiger partial charge >= 0.3 is 6.36 Å². The quantitative estimate of drug-likeness (QED) is 0.317. The number of rotatable bonds is 8. The normalized spacial score (nSPS) is 13.9. The molecule has 5 rings (SSSR count). The molecule has 0 unspecified atom stereocenters. The first-order valence-electron chi connectivity index (χ1n) is 13.0. The SMILES string of the molecule is COc1c(CN2CCCC2)cc(OC(F)(F)F)cc1NC(=O)c1ccc(C)c(-n2cc(-c3cnn(C)c3C)nn2)c1. The van der Waals surface area contributed by atoms with Crippen LogP contribution in [0.5, 0.6) is 11.5 Å². The van der Waals surface area contributed by atoms with Crippen molar-refractivity contribution in [3.63, 3.8) is 0 Å². The van der Waals surface area contributed by atoms with Crippen molar-refractivity contribution < 1.29 is 27.4 Å². The number of benzene rings is 2. The van der Waals surface area contributed by atoms with Gasteiger partial charge in [0.1, 0.15) is 17.2 Å². The summed E-state index contributed by atoms with van der Waals surface area (Å²) in [4.78, 5) is 15.5. The minimum atomic E-state index is -4.89. The van der Waals surface area contributed by atoms with Gasteiger partial charge < -0.3 is 14.8 Å². The topological polar surface area (TPSA) is 99.3 Å². The smallest absolute Gasteiger partial charge is 0.494 e. The summed E-state index contributed by atoms with van der Waals surface area (Å²) in [6.07, 6.45) is 0.588. The molecule has 13 heteroatoms. The van der Waals surface area contributed by atoms with Gasteiger partial charge in [0.25, 0.3) is 5.91 Å². The average Bonchev–Trinajstić information content (AvgIpc) is 3.66. The molecule has 1 aliphatic heterocycles. The highest BCUT2D eigenvalue weighted by Gasteiger charge is 2.32. The molecule has 0 radical (unpaired) electrons. The first kappa shape index (κ1) is 28.1. The van der Waals surface area contributed by atoms with Crippen molar-refractivity contribution in [2.45, 2.75) is 39.6 Å². The highest BCUT2D eigenvalue weighted by molar-refractivity contribution is 6.05. The largest absolute Gasteiger partial charge is 0.573 e. The summed E-state index contributed by atoms with van der Waals surface area (Å²) in [5.74, 6) is -0.697. The van der Waals surface area contributed by atoms with Gasteiger partial charge in [-0.15, -0.1) is 18.3 Å². The first-order valence-corrected chi connectivity index (χ1v) is 13.0. The Labute approximate surface area is 234 Å². The number of hydrogen-bond acceptors (Lipinski definition) is 7. The maximum absolute atomic E-state index is 13.4. The minimum Gasteiger partial charge on any atom is -0.494 e. The Bertz CT molecular complexity index is 1570. The fourth-order valence-electron chi connectivity index (χ4n) is 4.93. The number of amides is 1. The minimum absolute atomic E-state index is 0.0747. The van der Waals surface area contributed by atoms with Gasteiger partial charge in [-0.2, -0.15) is 5.10 Å². The Morgan fingerprint density at radius 3 is 2.54 bits per heavy atom. The lowest BCUT2D eigenvalue weighted by atomic mass is 10.1. The Morgan fingerprint density at radius 1 is 1.12 bits per heavy atom. The van der Waals surface area contributed by atoms with Gasteiger partial charge in [-0.3, -0.25) is 14.4 Å². The number of aryl methyl sites for hydroxylation is 2. The van der Waals surface area contributed by atoms with E-state index < -0.39 is 18.0 Å². The lowest BCUT2D eigenvalue weighted by Crippen LogP contribution is -2.21. The molecule has 2 aromatic carbocycles. The Morgan fingerprint density at radius 2 is 1.88 bits per heavy atom. The fraction of sp³-hybridized carbons (Fsp3) is 0.357. The molecular weight excluding hydrogens is 539 g/mol. The van der Waals surface area contributed by atoms with E-state index in [9.17, 15) is 18.0 Å². The summed E-state index contributed by atoms with van der Waals surface area (Å²) in [6, 6.07) is 7.46. The van der Waals surface area contributed by atoms with Crippen molar-refractivity contribution in [2.75, 3.05) is 25.5 Å². The number of likely N-dealkylation sites (tertiary alicyclic amines) is 1. The number of hydrogen-bond donors (Lipinski definition) is 1. The van der Waals surface area contributed by atoms with Gasteiger partial charge in [-0.05, 0) is 63.5 Å². The highest BCUT2D eigenvalue weighted by atomic mass is 19.4. The number of aromatic nitrogens is 5. The number of alkyl halides is 3. The highest BCUT2D eigenvalue weighted by Crippen LogP contribution is 2.37. The van der Waals surface area contributed by atoms with E-state index in [0.717, 1.165) is 48.8 Å². The van der Waals surface area contributed by atoms with E-state index in [-0.39, 0.29) is 17.0 Å². The van der Waals surface area contributed by atoms with Gasteiger partial charge in [-0.25, -0.2) is 4.68 Å². The zero-order valence-electron chi connectivity index (χ0n) is 23.1. The summed E-state index contributed by atoms with van der Waals surface area (Å²) < 4.78 is 52.5. The summed E-state index contributed by atoms with van der Waals surface area (Å²) >= 11 is 0. The second kappa shape index (κ2) is 11.2. The number of ether oxygens (including phenoxy) is 2. The van der Waals surface area contributed by atoms with Gasteiger partial charge in [0.05, 0.1) is 30.9 Å². The van der Waals surface area contributed by atoms with Gasteiger partial charge in [0.15, 0.2) is 0 Å².